The maximum Gasteiger partial charge on any atom is 0.0896 e. The number of hydrogen-bond acceptors (Lipinski definition) is 3. The summed E-state index contributed by atoms with van der Waals surface area (Å²) in [6.45, 7) is 0. The second-order valence-electron chi connectivity index (χ2n) is 12.0. The van der Waals surface area contributed by atoms with Crippen LogP contribution in [0.1, 0.15) is 0 Å². The number of fused-ring (bicyclic) bond motifs is 4. The number of anilines is 3. The van der Waals surface area contributed by atoms with E-state index >= 15 is 0 Å². The lowest BCUT2D eigenvalue weighted by Gasteiger charge is -2.26. The Morgan fingerprint density at radius 2 is 0.833 bits per heavy atom. The number of nitrogens with zero attached hydrogens (tertiary/aromatic N) is 2. The average molecular weight is 631 g/mol. The van der Waals surface area contributed by atoms with Gasteiger partial charge in [-0.3, -0.25) is 0 Å². The monoisotopic (exact) mass is 630 g/mol. The van der Waals surface area contributed by atoms with Crippen molar-refractivity contribution in [2.45, 2.75) is 0 Å². The van der Waals surface area contributed by atoms with Crippen LogP contribution in [-0.4, -0.2) is 4.98 Å². The molecule has 226 valence electrons. The molecule has 0 amide bonds. The Labute approximate surface area is 283 Å². The number of hydrogen-bond donors (Lipinski definition) is 0. The highest BCUT2D eigenvalue weighted by molar-refractivity contribution is 7.25. The molecule has 0 bridgehead atoms. The van der Waals surface area contributed by atoms with E-state index in [1.54, 1.807) is 0 Å². The van der Waals surface area contributed by atoms with Gasteiger partial charge < -0.3 is 4.90 Å². The standard InChI is InChI=1S/C45H30N2S/c1-3-9-31(10-4-1)33-15-22-38(23-16-33)47(39-24-17-34(18-25-39)32-11-5-2-6-12-32)40-26-19-35(20-27-40)36-21-28-42-37(29-36)30-44-45(46-42)41-13-7-8-14-43(41)48-44/h1-30H. The highest BCUT2D eigenvalue weighted by Gasteiger charge is 2.14. The van der Waals surface area contributed by atoms with Crippen LogP contribution in [0.15, 0.2) is 182 Å². The third-order valence-corrected chi connectivity index (χ3v) is 10.2. The zero-order valence-corrected chi connectivity index (χ0v) is 26.9. The van der Waals surface area contributed by atoms with Crippen LogP contribution in [0, 0.1) is 0 Å². The fraction of sp³-hybridized carbons (Fsp3) is 0. The number of pyridine rings is 1. The normalized spacial score (nSPS) is 11.3. The molecule has 0 radical (unpaired) electrons. The average Bonchev–Trinajstić information content (AvgIpc) is 3.52. The van der Waals surface area contributed by atoms with Gasteiger partial charge in [-0.15, -0.1) is 11.3 Å². The molecule has 2 aromatic heterocycles. The first-order valence-corrected chi connectivity index (χ1v) is 17.0. The molecule has 0 saturated heterocycles. The predicted molar refractivity (Wildman–Crippen MR) is 206 cm³/mol. The largest absolute Gasteiger partial charge is 0.311 e. The highest BCUT2D eigenvalue weighted by atomic mass is 32.1. The van der Waals surface area contributed by atoms with Crippen molar-refractivity contribution in [1.82, 2.24) is 4.98 Å². The first-order chi connectivity index (χ1) is 23.8. The smallest absolute Gasteiger partial charge is 0.0896 e. The van der Waals surface area contributed by atoms with Crippen molar-refractivity contribution in [1.29, 1.82) is 0 Å². The Morgan fingerprint density at radius 1 is 0.375 bits per heavy atom. The highest BCUT2D eigenvalue weighted by Crippen LogP contribution is 2.39. The molecule has 0 N–H and O–H groups in total. The van der Waals surface area contributed by atoms with E-state index in [-0.39, 0.29) is 0 Å². The third kappa shape index (κ3) is 5.21. The minimum Gasteiger partial charge on any atom is -0.311 e. The summed E-state index contributed by atoms with van der Waals surface area (Å²) in [4.78, 5) is 7.39. The van der Waals surface area contributed by atoms with Gasteiger partial charge in [0.2, 0.25) is 0 Å². The summed E-state index contributed by atoms with van der Waals surface area (Å²) in [6.07, 6.45) is 0. The second kappa shape index (κ2) is 12.0. The molecule has 0 aliphatic carbocycles. The van der Waals surface area contributed by atoms with Gasteiger partial charge in [-0.25, -0.2) is 4.98 Å². The molecule has 2 heterocycles. The minimum absolute atomic E-state index is 1.02. The molecule has 0 atom stereocenters. The first-order valence-electron chi connectivity index (χ1n) is 16.2. The fourth-order valence-corrected chi connectivity index (χ4v) is 7.69. The molecular weight excluding hydrogens is 601 g/mol. The van der Waals surface area contributed by atoms with Crippen LogP contribution in [0.2, 0.25) is 0 Å². The molecule has 0 aliphatic heterocycles. The molecule has 3 heteroatoms. The van der Waals surface area contributed by atoms with Crippen molar-refractivity contribution in [2.75, 3.05) is 4.90 Å². The van der Waals surface area contributed by atoms with Gasteiger partial charge in [0.1, 0.15) is 0 Å². The Hall–Kier alpha value is -6.03. The van der Waals surface area contributed by atoms with Gasteiger partial charge in [-0.2, -0.15) is 0 Å². The minimum atomic E-state index is 1.02. The van der Waals surface area contributed by atoms with Gasteiger partial charge in [0.25, 0.3) is 0 Å². The van der Waals surface area contributed by atoms with Crippen LogP contribution in [0.3, 0.4) is 0 Å². The summed E-state index contributed by atoms with van der Waals surface area (Å²) in [6, 6.07) is 65.1. The quantitative estimate of drug-likeness (QED) is 0.182. The van der Waals surface area contributed by atoms with Crippen molar-refractivity contribution in [3.8, 4) is 33.4 Å². The third-order valence-electron chi connectivity index (χ3n) is 9.07. The van der Waals surface area contributed by atoms with Crippen LogP contribution in [-0.2, 0) is 0 Å². The van der Waals surface area contributed by atoms with Gasteiger partial charge in [-0.1, -0.05) is 121 Å². The zero-order valence-electron chi connectivity index (χ0n) is 26.1. The van der Waals surface area contributed by atoms with E-state index in [4.69, 9.17) is 4.98 Å². The predicted octanol–water partition coefficient (Wildman–Crippen LogP) is 13.1. The lowest BCUT2D eigenvalue weighted by molar-refractivity contribution is 1.28. The zero-order chi connectivity index (χ0) is 31.9. The van der Waals surface area contributed by atoms with E-state index in [0.29, 0.717) is 0 Å². The van der Waals surface area contributed by atoms with Gasteiger partial charge in [0, 0.05) is 32.5 Å². The maximum absolute atomic E-state index is 5.06. The van der Waals surface area contributed by atoms with E-state index in [9.17, 15) is 0 Å². The lowest BCUT2D eigenvalue weighted by atomic mass is 10.0. The van der Waals surface area contributed by atoms with Crippen molar-refractivity contribution < 1.29 is 0 Å². The summed E-state index contributed by atoms with van der Waals surface area (Å²) < 4.78 is 2.50. The van der Waals surface area contributed by atoms with Gasteiger partial charge in [0.05, 0.1) is 15.7 Å². The van der Waals surface area contributed by atoms with E-state index < -0.39 is 0 Å². The molecule has 0 aliphatic rings. The lowest BCUT2D eigenvalue weighted by Crippen LogP contribution is -2.09. The van der Waals surface area contributed by atoms with E-state index in [1.807, 2.05) is 11.3 Å². The van der Waals surface area contributed by atoms with E-state index in [2.05, 4.69) is 187 Å². The van der Waals surface area contributed by atoms with Crippen LogP contribution < -0.4 is 4.90 Å². The van der Waals surface area contributed by atoms with Gasteiger partial charge in [-0.05, 0) is 94.0 Å². The molecular formula is C45H30N2S. The second-order valence-corrected chi connectivity index (χ2v) is 13.1. The molecule has 0 spiro atoms. The molecule has 0 unspecified atom stereocenters. The maximum atomic E-state index is 5.06. The van der Waals surface area contributed by atoms with Gasteiger partial charge in [0.15, 0.2) is 0 Å². The number of benzene rings is 7. The summed E-state index contributed by atoms with van der Waals surface area (Å²) in [5.41, 5.74) is 12.6. The summed E-state index contributed by atoms with van der Waals surface area (Å²) >= 11 is 1.81. The van der Waals surface area contributed by atoms with Crippen LogP contribution in [0.4, 0.5) is 17.1 Å². The van der Waals surface area contributed by atoms with Crippen LogP contribution in [0.5, 0.6) is 0 Å². The fourth-order valence-electron chi connectivity index (χ4n) is 6.59. The van der Waals surface area contributed by atoms with Crippen molar-refractivity contribution in [2.24, 2.45) is 0 Å². The van der Waals surface area contributed by atoms with Crippen LogP contribution >= 0.6 is 11.3 Å². The molecule has 2 nitrogen and oxygen atoms in total. The van der Waals surface area contributed by atoms with Crippen molar-refractivity contribution in [3.05, 3.63) is 182 Å². The van der Waals surface area contributed by atoms with Crippen molar-refractivity contribution in [3.63, 3.8) is 0 Å². The number of rotatable bonds is 6. The first kappa shape index (κ1) is 28.2. The SMILES string of the molecule is c1ccc(-c2ccc(N(c3ccc(-c4ccccc4)cc3)c3ccc(-c4ccc5nc6c(cc5c4)sc4ccccc46)cc3)cc2)cc1. The van der Waals surface area contributed by atoms with Gasteiger partial charge >= 0.3 is 0 Å². The summed E-state index contributed by atoms with van der Waals surface area (Å²) in [7, 11) is 0. The Morgan fingerprint density at radius 3 is 1.40 bits per heavy atom. The van der Waals surface area contributed by atoms with Crippen molar-refractivity contribution >= 4 is 59.6 Å². The van der Waals surface area contributed by atoms with E-state index in [1.165, 1.54) is 48.2 Å². The Balaban J connectivity index is 1.08. The van der Waals surface area contributed by atoms with E-state index in [0.717, 1.165) is 33.5 Å². The topological polar surface area (TPSA) is 16.1 Å². The molecule has 0 saturated carbocycles. The molecule has 48 heavy (non-hydrogen) atoms. The number of thiophene rings is 1. The Bertz CT molecular complexity index is 2440. The molecule has 7 aromatic carbocycles. The number of aromatic nitrogens is 1. The molecule has 9 rings (SSSR count). The Kier molecular flexibility index (Phi) is 7.03. The molecule has 0 fully saturated rings. The van der Waals surface area contributed by atoms with Crippen LogP contribution in [0.25, 0.3) is 64.6 Å². The molecule has 9 aromatic rings. The summed E-state index contributed by atoms with van der Waals surface area (Å²) in [5, 5.41) is 2.39. The summed E-state index contributed by atoms with van der Waals surface area (Å²) in [5.74, 6) is 0.